The highest BCUT2D eigenvalue weighted by Crippen LogP contribution is 2.28. The molecule has 0 amide bonds. The Kier molecular flexibility index (Phi) is 5.23. The molecule has 0 atom stereocenters. The Hall–Kier alpha value is -0.370. The van der Waals surface area contributed by atoms with Crippen LogP contribution in [0, 0.1) is 0 Å². The van der Waals surface area contributed by atoms with E-state index in [0.29, 0.717) is 11.3 Å². The molecule has 94 valence electrons. The molecule has 1 heterocycles. The fourth-order valence-corrected chi connectivity index (χ4v) is 4.06. The van der Waals surface area contributed by atoms with Gasteiger partial charge in [-0.05, 0) is 12.3 Å². The zero-order chi connectivity index (χ0) is 13.0. The van der Waals surface area contributed by atoms with Crippen molar-refractivity contribution in [2.75, 3.05) is 12.0 Å². The molecule has 1 aromatic carbocycles. The van der Waals surface area contributed by atoms with Crippen molar-refractivity contribution in [2.45, 2.75) is 8.68 Å². The number of nitrogens with zero attached hydrogens (tertiary/aromatic N) is 2. The van der Waals surface area contributed by atoms with Gasteiger partial charge in [0.1, 0.15) is 0 Å². The fourth-order valence-electron chi connectivity index (χ4n) is 1.23. The standard InChI is InChI=1S/C11H9BrN2OS3/c1-16-10-13-14-11(18-10)17-6-9(15)7-4-2-3-5-8(7)12/h2-5H,6H2,1H3. The van der Waals surface area contributed by atoms with Crippen LogP contribution in [0.1, 0.15) is 10.4 Å². The predicted molar refractivity (Wildman–Crippen MR) is 80.9 cm³/mol. The van der Waals surface area contributed by atoms with E-state index in [2.05, 4.69) is 26.1 Å². The quantitative estimate of drug-likeness (QED) is 0.595. The third kappa shape index (κ3) is 3.57. The van der Waals surface area contributed by atoms with Gasteiger partial charge in [0.15, 0.2) is 14.5 Å². The van der Waals surface area contributed by atoms with Crippen molar-refractivity contribution in [1.29, 1.82) is 0 Å². The first-order chi connectivity index (χ1) is 8.70. The van der Waals surface area contributed by atoms with Gasteiger partial charge in [0, 0.05) is 10.0 Å². The van der Waals surface area contributed by atoms with Gasteiger partial charge in [-0.2, -0.15) is 0 Å². The Morgan fingerprint density at radius 3 is 2.72 bits per heavy atom. The third-order valence-corrected chi connectivity index (χ3v) is 5.79. The molecule has 1 aromatic heterocycles. The predicted octanol–water partition coefficient (Wildman–Crippen LogP) is 4.00. The topological polar surface area (TPSA) is 42.9 Å². The van der Waals surface area contributed by atoms with Gasteiger partial charge in [0.25, 0.3) is 0 Å². The average Bonchev–Trinajstić information content (AvgIpc) is 2.84. The lowest BCUT2D eigenvalue weighted by atomic mass is 10.1. The van der Waals surface area contributed by atoms with E-state index in [1.54, 1.807) is 11.8 Å². The molecule has 7 heteroatoms. The highest BCUT2D eigenvalue weighted by molar-refractivity contribution is 9.10. The van der Waals surface area contributed by atoms with Gasteiger partial charge in [-0.15, -0.1) is 10.2 Å². The molecule has 0 aliphatic carbocycles. The molecule has 0 N–H and O–H groups in total. The lowest BCUT2D eigenvalue weighted by molar-refractivity contribution is 0.102. The Balaban J connectivity index is 1.98. The summed E-state index contributed by atoms with van der Waals surface area (Å²) in [6.07, 6.45) is 1.96. The zero-order valence-corrected chi connectivity index (χ0v) is 13.5. The van der Waals surface area contributed by atoms with E-state index in [1.165, 1.54) is 23.1 Å². The van der Waals surface area contributed by atoms with Gasteiger partial charge in [-0.3, -0.25) is 4.79 Å². The van der Waals surface area contributed by atoms with E-state index in [0.717, 1.165) is 13.2 Å². The minimum Gasteiger partial charge on any atom is -0.293 e. The maximum atomic E-state index is 12.0. The first kappa shape index (κ1) is 14.0. The summed E-state index contributed by atoms with van der Waals surface area (Å²) in [6, 6.07) is 7.44. The van der Waals surface area contributed by atoms with Crippen LogP contribution in [0.25, 0.3) is 0 Å². The second-order valence-electron chi connectivity index (χ2n) is 3.23. The van der Waals surface area contributed by atoms with Crippen LogP contribution < -0.4 is 0 Å². The molecule has 18 heavy (non-hydrogen) atoms. The van der Waals surface area contributed by atoms with E-state index >= 15 is 0 Å². The summed E-state index contributed by atoms with van der Waals surface area (Å²) in [7, 11) is 0. The minimum absolute atomic E-state index is 0.0911. The van der Waals surface area contributed by atoms with Crippen molar-refractivity contribution < 1.29 is 4.79 Å². The first-order valence-corrected chi connectivity index (χ1v) is 8.80. The summed E-state index contributed by atoms with van der Waals surface area (Å²) in [5.41, 5.74) is 0.708. The van der Waals surface area contributed by atoms with Crippen LogP contribution in [-0.4, -0.2) is 28.0 Å². The van der Waals surface area contributed by atoms with Crippen molar-refractivity contribution in [1.82, 2.24) is 10.2 Å². The van der Waals surface area contributed by atoms with Crippen LogP contribution in [0.3, 0.4) is 0 Å². The summed E-state index contributed by atoms with van der Waals surface area (Å²) >= 11 is 7.88. The van der Waals surface area contributed by atoms with Crippen molar-refractivity contribution in [3.8, 4) is 0 Å². The number of carbonyl (C=O) groups excluding carboxylic acids is 1. The largest absolute Gasteiger partial charge is 0.293 e. The van der Waals surface area contributed by atoms with Crippen LogP contribution >= 0.6 is 50.8 Å². The van der Waals surface area contributed by atoms with Crippen LogP contribution in [0.15, 0.2) is 37.4 Å². The van der Waals surface area contributed by atoms with Crippen LogP contribution in [0.4, 0.5) is 0 Å². The molecule has 0 aliphatic rings. The smallest absolute Gasteiger partial charge is 0.175 e. The summed E-state index contributed by atoms with van der Waals surface area (Å²) in [6.45, 7) is 0. The molecular weight excluding hydrogens is 352 g/mol. The Bertz CT molecular complexity index is 559. The number of rotatable bonds is 5. The second-order valence-corrected chi connectivity index (χ2v) is 7.34. The molecule has 2 rings (SSSR count). The van der Waals surface area contributed by atoms with Gasteiger partial charge < -0.3 is 0 Å². The maximum Gasteiger partial charge on any atom is 0.175 e. The van der Waals surface area contributed by atoms with Gasteiger partial charge >= 0.3 is 0 Å². The number of halogens is 1. The molecule has 0 bridgehead atoms. The molecule has 0 fully saturated rings. The molecule has 0 aliphatic heterocycles. The number of carbonyl (C=O) groups is 1. The lowest BCUT2D eigenvalue weighted by Crippen LogP contribution is -2.02. The molecular formula is C11H9BrN2OS3. The lowest BCUT2D eigenvalue weighted by Gasteiger charge is -2.01. The second kappa shape index (κ2) is 6.70. The number of hydrogen-bond donors (Lipinski definition) is 0. The van der Waals surface area contributed by atoms with E-state index < -0.39 is 0 Å². The van der Waals surface area contributed by atoms with Crippen LogP contribution in [0.5, 0.6) is 0 Å². The number of thioether (sulfide) groups is 2. The van der Waals surface area contributed by atoms with E-state index in [-0.39, 0.29) is 5.78 Å². The molecule has 2 aromatic rings. The zero-order valence-electron chi connectivity index (χ0n) is 9.42. The highest BCUT2D eigenvalue weighted by atomic mass is 79.9. The van der Waals surface area contributed by atoms with Crippen molar-refractivity contribution in [3.05, 3.63) is 34.3 Å². The monoisotopic (exact) mass is 360 g/mol. The number of aromatic nitrogens is 2. The van der Waals surface area contributed by atoms with Gasteiger partial charge in [0.05, 0.1) is 5.75 Å². The summed E-state index contributed by atoms with van der Waals surface area (Å²) in [5, 5.41) is 8.01. The van der Waals surface area contributed by atoms with Crippen LogP contribution in [-0.2, 0) is 0 Å². The minimum atomic E-state index is 0.0911. The van der Waals surface area contributed by atoms with E-state index in [9.17, 15) is 4.79 Å². The van der Waals surface area contributed by atoms with E-state index in [1.807, 2.05) is 30.5 Å². The van der Waals surface area contributed by atoms with Crippen molar-refractivity contribution in [2.24, 2.45) is 0 Å². The summed E-state index contributed by atoms with van der Waals surface area (Å²) in [5.74, 6) is 0.472. The Morgan fingerprint density at radius 2 is 2.06 bits per heavy atom. The molecule has 0 spiro atoms. The Labute approximate surface area is 126 Å². The molecule has 0 saturated carbocycles. The van der Waals surface area contributed by atoms with Gasteiger partial charge in [0.2, 0.25) is 0 Å². The normalized spacial score (nSPS) is 10.6. The molecule has 0 unspecified atom stereocenters. The molecule has 0 radical (unpaired) electrons. The number of benzene rings is 1. The third-order valence-electron chi connectivity index (χ3n) is 2.06. The molecule has 0 saturated heterocycles. The SMILES string of the molecule is CSc1nnc(SCC(=O)c2ccccc2Br)s1. The van der Waals surface area contributed by atoms with Crippen molar-refractivity contribution >= 4 is 56.6 Å². The number of ketones is 1. The molecule has 3 nitrogen and oxygen atoms in total. The average molecular weight is 361 g/mol. The first-order valence-electron chi connectivity index (χ1n) is 4.98. The Morgan fingerprint density at radius 1 is 1.33 bits per heavy atom. The number of Topliss-reactive ketones (excluding diaryl/α,β-unsaturated/α-hetero) is 1. The maximum absolute atomic E-state index is 12.0. The van der Waals surface area contributed by atoms with E-state index in [4.69, 9.17) is 0 Å². The summed E-state index contributed by atoms with van der Waals surface area (Å²) < 4.78 is 2.59. The van der Waals surface area contributed by atoms with Crippen molar-refractivity contribution in [3.63, 3.8) is 0 Å². The summed E-state index contributed by atoms with van der Waals surface area (Å²) in [4.78, 5) is 12.0. The van der Waals surface area contributed by atoms with Gasteiger partial charge in [-0.25, -0.2) is 0 Å². The highest BCUT2D eigenvalue weighted by Gasteiger charge is 2.11. The van der Waals surface area contributed by atoms with Crippen LogP contribution in [0.2, 0.25) is 0 Å². The fraction of sp³-hybridized carbons (Fsp3) is 0.182. The number of hydrogen-bond acceptors (Lipinski definition) is 6. The van der Waals surface area contributed by atoms with Gasteiger partial charge in [-0.1, -0.05) is 69.0 Å².